The number of hydrogen-bond donors (Lipinski definition) is 0. The molecule has 1 spiro atoms. The molecule has 3 aliphatic rings. The Morgan fingerprint density at radius 3 is 2.88 bits per heavy atom. The summed E-state index contributed by atoms with van der Waals surface area (Å²) >= 11 is 1.50. The van der Waals surface area contributed by atoms with Crippen LogP contribution in [0.5, 0.6) is 0 Å². The summed E-state index contributed by atoms with van der Waals surface area (Å²) < 4.78 is 17.6. The van der Waals surface area contributed by atoms with Gasteiger partial charge in [0.05, 0.1) is 24.1 Å². The Hall–Kier alpha value is -0.950. The Kier molecular flexibility index (Phi) is 4.90. The Balaban J connectivity index is 1.26. The fraction of sp³-hybridized carbons (Fsp3) is 0.722. The van der Waals surface area contributed by atoms with Gasteiger partial charge in [-0.2, -0.15) is 0 Å². The molecule has 3 saturated heterocycles. The van der Waals surface area contributed by atoms with Crippen LogP contribution >= 0.6 is 11.3 Å². The fourth-order valence-electron chi connectivity index (χ4n) is 3.88. The number of nitrogens with zero attached hydrogens (tertiary/aromatic N) is 1. The van der Waals surface area contributed by atoms with E-state index in [-0.39, 0.29) is 17.6 Å². The summed E-state index contributed by atoms with van der Waals surface area (Å²) in [5.41, 5.74) is -0.175. The average Bonchev–Trinajstić information content (AvgIpc) is 3.13. The van der Waals surface area contributed by atoms with Gasteiger partial charge in [-0.05, 0) is 36.6 Å². The first-order chi connectivity index (χ1) is 11.7. The number of ether oxygens (including phenoxy) is 3. The summed E-state index contributed by atoms with van der Waals surface area (Å²) in [6.45, 7) is 4.69. The van der Waals surface area contributed by atoms with Gasteiger partial charge in [0.2, 0.25) is 0 Å². The molecule has 3 fully saturated rings. The third-order valence-electron chi connectivity index (χ3n) is 5.33. The van der Waals surface area contributed by atoms with Crippen LogP contribution in [0.15, 0.2) is 17.5 Å². The molecule has 1 atom stereocenters. The van der Waals surface area contributed by atoms with Crippen molar-refractivity contribution in [3.05, 3.63) is 22.4 Å². The number of carbonyl (C=O) groups is 1. The first-order valence-corrected chi connectivity index (χ1v) is 9.78. The number of thiophene rings is 1. The van der Waals surface area contributed by atoms with Crippen molar-refractivity contribution < 1.29 is 19.0 Å². The van der Waals surface area contributed by atoms with Crippen LogP contribution in [0.1, 0.15) is 35.4 Å². The Labute approximate surface area is 146 Å². The first kappa shape index (κ1) is 16.5. The van der Waals surface area contributed by atoms with Crippen molar-refractivity contribution in [2.24, 2.45) is 5.92 Å². The quantitative estimate of drug-likeness (QED) is 0.836. The van der Waals surface area contributed by atoms with Crippen LogP contribution in [0.2, 0.25) is 0 Å². The van der Waals surface area contributed by atoms with Crippen molar-refractivity contribution in [1.29, 1.82) is 0 Å². The van der Waals surface area contributed by atoms with Gasteiger partial charge >= 0.3 is 0 Å². The van der Waals surface area contributed by atoms with Crippen LogP contribution in [-0.4, -0.2) is 62.0 Å². The molecule has 4 rings (SSSR count). The average molecular weight is 351 g/mol. The Bertz CT molecular complexity index is 549. The van der Waals surface area contributed by atoms with Crippen molar-refractivity contribution in [2.45, 2.75) is 37.4 Å². The SMILES string of the molecule is O=C(c1cccs1)N1CC2(C[C@H](OCC3CCOCC3)CCO2)C1. The maximum Gasteiger partial charge on any atom is 0.264 e. The molecule has 1 aromatic rings. The predicted molar refractivity (Wildman–Crippen MR) is 91.4 cm³/mol. The molecule has 0 saturated carbocycles. The molecule has 1 amide bonds. The monoisotopic (exact) mass is 351 g/mol. The van der Waals surface area contributed by atoms with Gasteiger partial charge in [-0.1, -0.05) is 6.07 Å². The molecular formula is C18H25NO4S. The summed E-state index contributed by atoms with van der Waals surface area (Å²) in [4.78, 5) is 15.1. The summed E-state index contributed by atoms with van der Waals surface area (Å²) in [5, 5.41) is 1.94. The summed E-state index contributed by atoms with van der Waals surface area (Å²) in [6, 6.07) is 3.81. The molecule has 0 N–H and O–H groups in total. The standard InChI is InChI=1S/C18H25NO4S/c20-17(16-2-1-9-24-16)19-12-18(13-19)10-15(5-8-23-18)22-11-14-3-6-21-7-4-14/h1-2,9,14-15H,3-8,10-13H2/t15-/m1/s1. The first-order valence-electron chi connectivity index (χ1n) is 8.90. The molecule has 24 heavy (non-hydrogen) atoms. The molecule has 0 bridgehead atoms. The topological polar surface area (TPSA) is 48.0 Å². The van der Waals surface area contributed by atoms with Crippen LogP contribution < -0.4 is 0 Å². The van der Waals surface area contributed by atoms with E-state index < -0.39 is 0 Å². The van der Waals surface area contributed by atoms with E-state index in [1.165, 1.54) is 11.3 Å². The number of hydrogen-bond acceptors (Lipinski definition) is 5. The van der Waals surface area contributed by atoms with Gasteiger partial charge in [0.15, 0.2) is 0 Å². The lowest BCUT2D eigenvalue weighted by atomic mass is 9.84. The van der Waals surface area contributed by atoms with Crippen LogP contribution in [0, 0.1) is 5.92 Å². The zero-order valence-electron chi connectivity index (χ0n) is 13.9. The number of rotatable bonds is 4. The van der Waals surface area contributed by atoms with E-state index in [0.29, 0.717) is 19.0 Å². The lowest BCUT2D eigenvalue weighted by molar-refractivity contribution is -0.188. The van der Waals surface area contributed by atoms with E-state index in [4.69, 9.17) is 14.2 Å². The van der Waals surface area contributed by atoms with E-state index >= 15 is 0 Å². The van der Waals surface area contributed by atoms with Gasteiger partial charge in [-0.15, -0.1) is 11.3 Å². The maximum atomic E-state index is 12.4. The van der Waals surface area contributed by atoms with E-state index in [9.17, 15) is 4.79 Å². The third-order valence-corrected chi connectivity index (χ3v) is 6.19. The van der Waals surface area contributed by atoms with Crippen molar-refractivity contribution in [3.8, 4) is 0 Å². The fourth-order valence-corrected chi connectivity index (χ4v) is 4.57. The zero-order valence-corrected chi connectivity index (χ0v) is 14.8. The normalized spacial score (nSPS) is 27.2. The van der Waals surface area contributed by atoms with Gasteiger partial charge in [-0.25, -0.2) is 0 Å². The molecule has 4 heterocycles. The van der Waals surface area contributed by atoms with Gasteiger partial charge in [0.1, 0.15) is 5.60 Å². The zero-order chi connectivity index (χ0) is 16.4. The molecule has 0 aliphatic carbocycles. The van der Waals surface area contributed by atoms with Crippen LogP contribution in [0.3, 0.4) is 0 Å². The molecule has 0 aromatic carbocycles. The van der Waals surface area contributed by atoms with Crippen molar-refractivity contribution in [2.75, 3.05) is 39.5 Å². The minimum absolute atomic E-state index is 0.129. The second-order valence-corrected chi connectivity index (χ2v) is 8.12. The second-order valence-electron chi connectivity index (χ2n) is 7.17. The highest BCUT2D eigenvalue weighted by molar-refractivity contribution is 7.12. The van der Waals surface area contributed by atoms with E-state index in [1.54, 1.807) is 0 Å². The van der Waals surface area contributed by atoms with Crippen LogP contribution in [-0.2, 0) is 14.2 Å². The predicted octanol–water partition coefficient (Wildman–Crippen LogP) is 2.56. The Morgan fingerprint density at radius 2 is 2.12 bits per heavy atom. The number of likely N-dealkylation sites (tertiary alicyclic amines) is 1. The Morgan fingerprint density at radius 1 is 1.29 bits per heavy atom. The largest absolute Gasteiger partial charge is 0.381 e. The molecular weight excluding hydrogens is 326 g/mol. The van der Waals surface area contributed by atoms with Gasteiger partial charge in [-0.3, -0.25) is 4.79 Å². The lowest BCUT2D eigenvalue weighted by Gasteiger charge is -2.53. The van der Waals surface area contributed by atoms with Gasteiger partial charge in [0, 0.05) is 32.8 Å². The maximum absolute atomic E-state index is 12.4. The van der Waals surface area contributed by atoms with E-state index in [1.807, 2.05) is 22.4 Å². The summed E-state index contributed by atoms with van der Waals surface area (Å²) in [5.74, 6) is 0.764. The molecule has 3 aliphatic heterocycles. The van der Waals surface area contributed by atoms with E-state index in [2.05, 4.69) is 0 Å². The summed E-state index contributed by atoms with van der Waals surface area (Å²) in [7, 11) is 0. The van der Waals surface area contributed by atoms with Gasteiger partial charge < -0.3 is 19.1 Å². The number of carbonyl (C=O) groups excluding carboxylic acids is 1. The molecule has 6 heteroatoms. The molecule has 1 aromatic heterocycles. The highest BCUT2D eigenvalue weighted by atomic mass is 32.1. The minimum Gasteiger partial charge on any atom is -0.381 e. The summed E-state index contributed by atoms with van der Waals surface area (Å²) in [6.07, 6.45) is 4.35. The lowest BCUT2D eigenvalue weighted by Crippen LogP contribution is -2.67. The van der Waals surface area contributed by atoms with Gasteiger partial charge in [0.25, 0.3) is 5.91 Å². The second kappa shape index (κ2) is 7.12. The number of amides is 1. The van der Waals surface area contributed by atoms with Crippen molar-refractivity contribution in [3.63, 3.8) is 0 Å². The highest BCUT2D eigenvalue weighted by Gasteiger charge is 2.49. The minimum atomic E-state index is -0.175. The highest BCUT2D eigenvalue weighted by Crippen LogP contribution is 2.36. The molecule has 0 unspecified atom stereocenters. The van der Waals surface area contributed by atoms with E-state index in [0.717, 1.165) is 57.0 Å². The molecule has 5 nitrogen and oxygen atoms in total. The third kappa shape index (κ3) is 3.52. The van der Waals surface area contributed by atoms with Crippen LogP contribution in [0.25, 0.3) is 0 Å². The van der Waals surface area contributed by atoms with Crippen LogP contribution in [0.4, 0.5) is 0 Å². The van der Waals surface area contributed by atoms with Crippen molar-refractivity contribution in [1.82, 2.24) is 4.90 Å². The molecule has 0 radical (unpaired) electrons. The van der Waals surface area contributed by atoms with Crippen molar-refractivity contribution >= 4 is 17.2 Å². The smallest absolute Gasteiger partial charge is 0.264 e. The molecule has 132 valence electrons.